The summed E-state index contributed by atoms with van der Waals surface area (Å²) in [5.41, 5.74) is 0.543. The third-order valence-electron chi connectivity index (χ3n) is 3.71. The van der Waals surface area contributed by atoms with Crippen molar-refractivity contribution in [1.29, 1.82) is 0 Å². The molecule has 0 aliphatic carbocycles. The zero-order valence-corrected chi connectivity index (χ0v) is 12.8. The van der Waals surface area contributed by atoms with Gasteiger partial charge in [-0.25, -0.2) is 4.79 Å². The fourth-order valence-corrected chi connectivity index (χ4v) is 2.57. The lowest BCUT2D eigenvalue weighted by molar-refractivity contribution is -0.147. The van der Waals surface area contributed by atoms with E-state index in [1.54, 1.807) is 35.2 Å². The maximum Gasteiger partial charge on any atom is 0.328 e. The highest BCUT2D eigenvalue weighted by atomic mass is 16.5. The number of benzene rings is 1. The van der Waals surface area contributed by atoms with Gasteiger partial charge in [0.1, 0.15) is 18.4 Å². The first-order valence-electron chi connectivity index (χ1n) is 7.40. The van der Waals surface area contributed by atoms with Crippen LogP contribution in [-0.2, 0) is 9.53 Å². The summed E-state index contributed by atoms with van der Waals surface area (Å²) in [6.07, 6.45) is 4.14. The van der Waals surface area contributed by atoms with E-state index in [1.165, 1.54) is 7.11 Å². The lowest BCUT2D eigenvalue weighted by atomic mass is 10.0. The number of nitrogens with zero attached hydrogens (tertiary/aromatic N) is 1. The average Bonchev–Trinajstić information content (AvgIpc) is 2.59. The molecule has 0 saturated carbocycles. The second-order valence-corrected chi connectivity index (χ2v) is 5.16. The third kappa shape index (κ3) is 3.67. The summed E-state index contributed by atoms with van der Waals surface area (Å²) in [4.78, 5) is 26.1. The van der Waals surface area contributed by atoms with Crippen LogP contribution < -0.4 is 4.74 Å². The summed E-state index contributed by atoms with van der Waals surface area (Å²) in [6, 6.07) is 6.43. The summed E-state index contributed by atoms with van der Waals surface area (Å²) >= 11 is 0. The van der Waals surface area contributed by atoms with Crippen molar-refractivity contribution in [3.63, 3.8) is 0 Å². The maximum atomic E-state index is 12.6. The molecule has 2 rings (SSSR count). The molecule has 0 spiro atoms. The van der Waals surface area contributed by atoms with Crippen LogP contribution in [0.15, 0.2) is 36.9 Å². The highest BCUT2D eigenvalue weighted by Gasteiger charge is 2.33. The number of esters is 1. The minimum Gasteiger partial charge on any atom is -0.490 e. The van der Waals surface area contributed by atoms with Gasteiger partial charge in [0.05, 0.1) is 7.11 Å². The first kappa shape index (κ1) is 16.1. The first-order chi connectivity index (χ1) is 10.7. The Balaban J connectivity index is 2.11. The molecule has 0 aromatic heterocycles. The molecular weight excluding hydrogens is 282 g/mol. The van der Waals surface area contributed by atoms with E-state index in [4.69, 9.17) is 9.47 Å². The molecule has 5 nitrogen and oxygen atoms in total. The van der Waals surface area contributed by atoms with E-state index < -0.39 is 6.04 Å². The predicted octanol–water partition coefficient (Wildman–Crippen LogP) is 2.42. The van der Waals surface area contributed by atoms with E-state index >= 15 is 0 Å². The van der Waals surface area contributed by atoms with Crippen LogP contribution in [0.5, 0.6) is 5.75 Å². The van der Waals surface area contributed by atoms with Gasteiger partial charge in [0.25, 0.3) is 5.91 Å². The van der Waals surface area contributed by atoms with Crippen molar-refractivity contribution in [1.82, 2.24) is 4.90 Å². The van der Waals surface area contributed by atoms with E-state index in [2.05, 4.69) is 6.58 Å². The van der Waals surface area contributed by atoms with Gasteiger partial charge < -0.3 is 14.4 Å². The molecule has 0 N–H and O–H groups in total. The molecule has 1 fully saturated rings. The highest BCUT2D eigenvalue weighted by molar-refractivity contribution is 5.97. The van der Waals surface area contributed by atoms with Gasteiger partial charge in [0, 0.05) is 12.1 Å². The Morgan fingerprint density at radius 3 is 2.68 bits per heavy atom. The van der Waals surface area contributed by atoms with Crippen LogP contribution in [0, 0.1) is 0 Å². The first-order valence-corrected chi connectivity index (χ1v) is 7.40. The lowest BCUT2D eigenvalue weighted by Gasteiger charge is -2.33. The molecule has 1 aromatic rings. The number of piperidine rings is 1. The Morgan fingerprint density at radius 1 is 1.32 bits per heavy atom. The van der Waals surface area contributed by atoms with Crippen LogP contribution in [0.3, 0.4) is 0 Å². The summed E-state index contributed by atoms with van der Waals surface area (Å²) < 4.78 is 10.2. The van der Waals surface area contributed by atoms with Crippen LogP contribution in [-0.4, -0.2) is 43.1 Å². The molecule has 1 atom stereocenters. The van der Waals surface area contributed by atoms with Gasteiger partial charge in [-0.2, -0.15) is 0 Å². The predicted molar refractivity (Wildman–Crippen MR) is 82.8 cm³/mol. The number of hydrogen-bond donors (Lipinski definition) is 0. The number of carbonyl (C=O) groups excluding carboxylic acids is 2. The van der Waals surface area contributed by atoms with Crippen molar-refractivity contribution in [2.45, 2.75) is 25.3 Å². The average molecular weight is 303 g/mol. The van der Waals surface area contributed by atoms with Gasteiger partial charge in [-0.05, 0) is 43.5 Å². The number of methoxy groups -OCH3 is 1. The Morgan fingerprint density at radius 2 is 2.05 bits per heavy atom. The van der Waals surface area contributed by atoms with Gasteiger partial charge in [-0.15, -0.1) is 0 Å². The minimum absolute atomic E-state index is 0.148. The van der Waals surface area contributed by atoms with E-state index in [0.29, 0.717) is 30.9 Å². The number of carbonyl (C=O) groups is 2. The second-order valence-electron chi connectivity index (χ2n) is 5.16. The molecule has 1 aliphatic rings. The number of amides is 1. The number of rotatable bonds is 5. The molecular formula is C17H21NO4. The summed E-state index contributed by atoms with van der Waals surface area (Å²) in [6.45, 7) is 4.58. The summed E-state index contributed by atoms with van der Waals surface area (Å²) in [5.74, 6) is 0.184. The fraction of sp³-hybridized carbons (Fsp3) is 0.412. The Kier molecular flexibility index (Phi) is 5.58. The topological polar surface area (TPSA) is 55.8 Å². The molecule has 22 heavy (non-hydrogen) atoms. The van der Waals surface area contributed by atoms with Crippen LogP contribution >= 0.6 is 0 Å². The van der Waals surface area contributed by atoms with Crippen molar-refractivity contribution in [2.75, 3.05) is 20.3 Å². The van der Waals surface area contributed by atoms with Crippen molar-refractivity contribution < 1.29 is 19.1 Å². The van der Waals surface area contributed by atoms with Gasteiger partial charge in [-0.1, -0.05) is 12.7 Å². The smallest absolute Gasteiger partial charge is 0.328 e. The zero-order valence-electron chi connectivity index (χ0n) is 12.8. The largest absolute Gasteiger partial charge is 0.490 e. The second kappa shape index (κ2) is 7.64. The van der Waals surface area contributed by atoms with E-state index in [1.807, 2.05) is 0 Å². The summed E-state index contributed by atoms with van der Waals surface area (Å²) in [5, 5.41) is 0. The highest BCUT2D eigenvalue weighted by Crippen LogP contribution is 2.22. The molecule has 5 heteroatoms. The van der Waals surface area contributed by atoms with Gasteiger partial charge in [-0.3, -0.25) is 4.79 Å². The molecule has 1 aromatic carbocycles. The Labute approximate surface area is 130 Å². The molecule has 1 heterocycles. The third-order valence-corrected chi connectivity index (χ3v) is 3.71. The number of ether oxygens (including phenoxy) is 2. The van der Waals surface area contributed by atoms with Crippen molar-refractivity contribution in [3.05, 3.63) is 42.5 Å². The molecule has 0 radical (unpaired) electrons. The van der Waals surface area contributed by atoms with E-state index in [0.717, 1.165) is 12.8 Å². The zero-order chi connectivity index (χ0) is 15.9. The monoisotopic (exact) mass is 303 g/mol. The van der Waals surface area contributed by atoms with Crippen molar-refractivity contribution in [2.24, 2.45) is 0 Å². The number of hydrogen-bond acceptors (Lipinski definition) is 4. The maximum absolute atomic E-state index is 12.6. The SMILES string of the molecule is C=CCOc1ccc(C(=O)N2CCCCC2C(=O)OC)cc1. The van der Waals surface area contributed by atoms with Crippen LogP contribution in [0.1, 0.15) is 29.6 Å². The molecule has 1 unspecified atom stereocenters. The Hall–Kier alpha value is -2.30. The Bertz CT molecular complexity index is 538. The van der Waals surface area contributed by atoms with Crippen LogP contribution in [0.2, 0.25) is 0 Å². The molecule has 1 saturated heterocycles. The van der Waals surface area contributed by atoms with E-state index in [-0.39, 0.29) is 11.9 Å². The van der Waals surface area contributed by atoms with Crippen molar-refractivity contribution >= 4 is 11.9 Å². The lowest BCUT2D eigenvalue weighted by Crippen LogP contribution is -2.48. The molecule has 0 bridgehead atoms. The van der Waals surface area contributed by atoms with E-state index in [9.17, 15) is 9.59 Å². The summed E-state index contributed by atoms with van der Waals surface area (Å²) in [7, 11) is 1.35. The minimum atomic E-state index is -0.483. The van der Waals surface area contributed by atoms with Gasteiger partial charge in [0.15, 0.2) is 0 Å². The fourth-order valence-electron chi connectivity index (χ4n) is 2.57. The standard InChI is InChI=1S/C17H21NO4/c1-3-12-22-14-9-7-13(8-10-14)16(19)18-11-5-4-6-15(18)17(20)21-2/h3,7-10,15H,1,4-6,11-12H2,2H3. The normalized spacial score (nSPS) is 17.7. The van der Waals surface area contributed by atoms with Crippen LogP contribution in [0.4, 0.5) is 0 Å². The van der Waals surface area contributed by atoms with Crippen molar-refractivity contribution in [3.8, 4) is 5.75 Å². The number of likely N-dealkylation sites (tertiary alicyclic amines) is 1. The van der Waals surface area contributed by atoms with Gasteiger partial charge >= 0.3 is 5.97 Å². The van der Waals surface area contributed by atoms with Gasteiger partial charge in [0.2, 0.25) is 0 Å². The molecule has 1 aliphatic heterocycles. The molecule has 118 valence electrons. The van der Waals surface area contributed by atoms with Crippen LogP contribution in [0.25, 0.3) is 0 Å². The quantitative estimate of drug-likeness (QED) is 0.619. The molecule has 1 amide bonds.